The number of amides is 1. The zero-order valence-electron chi connectivity index (χ0n) is 12.3. The Hall–Kier alpha value is -1.08. The Morgan fingerprint density at radius 3 is 2.15 bits per heavy atom. The van der Waals surface area contributed by atoms with E-state index < -0.39 is 5.41 Å². The lowest BCUT2D eigenvalue weighted by Gasteiger charge is -2.40. The number of nitriles is 1. The van der Waals surface area contributed by atoms with Crippen LogP contribution in [0.5, 0.6) is 0 Å². The molecule has 3 aliphatic rings. The molecule has 0 atom stereocenters. The van der Waals surface area contributed by atoms with Gasteiger partial charge in [-0.25, -0.2) is 0 Å². The SMILES string of the molecule is N#CC1(C(=O)N2CCN(C3CCCC3)CC2)CCCC1. The van der Waals surface area contributed by atoms with Crippen LogP contribution < -0.4 is 0 Å². The second kappa shape index (κ2) is 5.73. The fourth-order valence-corrected chi connectivity index (χ4v) is 4.21. The lowest BCUT2D eigenvalue weighted by molar-refractivity contribution is -0.141. The summed E-state index contributed by atoms with van der Waals surface area (Å²) in [4.78, 5) is 17.2. The van der Waals surface area contributed by atoms with Crippen molar-refractivity contribution in [2.75, 3.05) is 26.2 Å². The van der Waals surface area contributed by atoms with Gasteiger partial charge >= 0.3 is 0 Å². The summed E-state index contributed by atoms with van der Waals surface area (Å²) in [5.74, 6) is 0.114. The lowest BCUT2D eigenvalue weighted by Crippen LogP contribution is -2.54. The summed E-state index contributed by atoms with van der Waals surface area (Å²) >= 11 is 0. The Bertz CT molecular complexity index is 394. The Labute approximate surface area is 121 Å². The Morgan fingerprint density at radius 1 is 1.00 bits per heavy atom. The van der Waals surface area contributed by atoms with Crippen molar-refractivity contribution in [3.05, 3.63) is 0 Å². The number of hydrogen-bond donors (Lipinski definition) is 0. The Kier molecular flexibility index (Phi) is 3.98. The van der Waals surface area contributed by atoms with Crippen molar-refractivity contribution in [2.24, 2.45) is 5.41 Å². The van der Waals surface area contributed by atoms with Crippen LogP contribution >= 0.6 is 0 Å². The molecule has 1 amide bonds. The third kappa shape index (κ3) is 2.44. The molecule has 0 aromatic heterocycles. The van der Waals surface area contributed by atoms with E-state index in [0.717, 1.165) is 57.9 Å². The molecule has 0 radical (unpaired) electrons. The zero-order valence-corrected chi connectivity index (χ0v) is 12.3. The molecule has 1 heterocycles. The predicted octanol–water partition coefficient (Wildman–Crippen LogP) is 2.16. The van der Waals surface area contributed by atoms with Gasteiger partial charge in [0.1, 0.15) is 5.41 Å². The van der Waals surface area contributed by atoms with Gasteiger partial charge in [-0.15, -0.1) is 0 Å². The van der Waals surface area contributed by atoms with Crippen LogP contribution in [0.3, 0.4) is 0 Å². The number of rotatable bonds is 2. The van der Waals surface area contributed by atoms with Crippen LogP contribution in [-0.2, 0) is 4.79 Å². The van der Waals surface area contributed by atoms with Crippen molar-refractivity contribution in [3.63, 3.8) is 0 Å². The number of carbonyl (C=O) groups excluding carboxylic acids is 1. The topological polar surface area (TPSA) is 47.3 Å². The minimum Gasteiger partial charge on any atom is -0.339 e. The van der Waals surface area contributed by atoms with Crippen LogP contribution in [-0.4, -0.2) is 47.9 Å². The maximum absolute atomic E-state index is 12.7. The molecule has 4 nitrogen and oxygen atoms in total. The molecule has 20 heavy (non-hydrogen) atoms. The highest BCUT2D eigenvalue weighted by Gasteiger charge is 2.44. The molecule has 2 aliphatic carbocycles. The minimum atomic E-state index is -0.685. The average molecular weight is 275 g/mol. The van der Waals surface area contributed by atoms with E-state index in [9.17, 15) is 10.1 Å². The Morgan fingerprint density at radius 2 is 1.60 bits per heavy atom. The van der Waals surface area contributed by atoms with Crippen LogP contribution in [0, 0.1) is 16.7 Å². The summed E-state index contributed by atoms with van der Waals surface area (Å²) in [6, 6.07) is 3.09. The van der Waals surface area contributed by atoms with E-state index in [1.807, 2.05) is 4.90 Å². The molecule has 0 spiro atoms. The van der Waals surface area contributed by atoms with Gasteiger partial charge in [0.05, 0.1) is 6.07 Å². The molecule has 0 N–H and O–H groups in total. The van der Waals surface area contributed by atoms with Crippen LogP contribution in [0.2, 0.25) is 0 Å². The lowest BCUT2D eigenvalue weighted by atomic mass is 9.86. The normalized spacial score (nSPS) is 27.6. The first-order chi connectivity index (χ1) is 9.75. The summed E-state index contributed by atoms with van der Waals surface area (Å²) in [6.07, 6.45) is 8.98. The van der Waals surface area contributed by atoms with Gasteiger partial charge in [-0.2, -0.15) is 5.26 Å². The highest BCUT2D eigenvalue weighted by molar-refractivity contribution is 5.86. The fraction of sp³-hybridized carbons (Fsp3) is 0.875. The highest BCUT2D eigenvalue weighted by Crippen LogP contribution is 2.39. The number of carbonyl (C=O) groups is 1. The van der Waals surface area contributed by atoms with Crippen molar-refractivity contribution in [2.45, 2.75) is 57.4 Å². The number of piperazine rings is 1. The maximum Gasteiger partial charge on any atom is 0.243 e. The second-order valence-corrected chi connectivity index (χ2v) is 6.67. The van der Waals surface area contributed by atoms with Gasteiger partial charge in [-0.05, 0) is 25.7 Å². The molecular formula is C16H25N3O. The molecule has 0 unspecified atom stereocenters. The monoisotopic (exact) mass is 275 g/mol. The van der Waals surface area contributed by atoms with Gasteiger partial charge in [0.15, 0.2) is 0 Å². The van der Waals surface area contributed by atoms with Gasteiger partial charge in [0.25, 0.3) is 0 Å². The van der Waals surface area contributed by atoms with Crippen LogP contribution in [0.15, 0.2) is 0 Å². The minimum absolute atomic E-state index is 0.114. The van der Waals surface area contributed by atoms with Gasteiger partial charge in [0.2, 0.25) is 5.91 Å². The summed E-state index contributed by atoms with van der Waals surface area (Å²) in [5.41, 5.74) is -0.685. The summed E-state index contributed by atoms with van der Waals surface area (Å²) in [7, 11) is 0. The highest BCUT2D eigenvalue weighted by atomic mass is 16.2. The quantitative estimate of drug-likeness (QED) is 0.776. The van der Waals surface area contributed by atoms with E-state index in [4.69, 9.17) is 0 Å². The standard InChI is InChI=1S/C16H25N3O/c17-13-16(7-3-4-8-16)15(20)19-11-9-18(10-12-19)14-5-1-2-6-14/h14H,1-12H2. The predicted molar refractivity (Wildman–Crippen MR) is 76.9 cm³/mol. The number of nitrogens with zero attached hydrogens (tertiary/aromatic N) is 3. The number of hydrogen-bond acceptors (Lipinski definition) is 3. The largest absolute Gasteiger partial charge is 0.339 e. The second-order valence-electron chi connectivity index (χ2n) is 6.67. The molecule has 4 heteroatoms. The third-order valence-corrected chi connectivity index (χ3v) is 5.52. The molecule has 1 aliphatic heterocycles. The molecule has 0 aromatic rings. The first-order valence-electron chi connectivity index (χ1n) is 8.20. The fourth-order valence-electron chi connectivity index (χ4n) is 4.21. The molecule has 3 fully saturated rings. The molecule has 110 valence electrons. The van der Waals surface area contributed by atoms with Crippen molar-refractivity contribution in [3.8, 4) is 6.07 Å². The molecule has 0 aromatic carbocycles. The van der Waals surface area contributed by atoms with Gasteiger partial charge in [0, 0.05) is 32.2 Å². The van der Waals surface area contributed by atoms with Crippen LogP contribution in [0.25, 0.3) is 0 Å². The van der Waals surface area contributed by atoms with Crippen molar-refractivity contribution in [1.82, 2.24) is 9.80 Å². The van der Waals surface area contributed by atoms with Gasteiger partial charge in [-0.1, -0.05) is 25.7 Å². The maximum atomic E-state index is 12.7. The molecule has 3 rings (SSSR count). The molecule has 2 saturated carbocycles. The van der Waals surface area contributed by atoms with Crippen LogP contribution in [0.4, 0.5) is 0 Å². The summed E-state index contributed by atoms with van der Waals surface area (Å²) in [6.45, 7) is 3.63. The molecule has 1 saturated heterocycles. The Balaban J connectivity index is 1.57. The first kappa shape index (κ1) is 13.9. The van der Waals surface area contributed by atoms with Crippen molar-refractivity contribution < 1.29 is 4.79 Å². The van der Waals surface area contributed by atoms with Crippen molar-refractivity contribution >= 4 is 5.91 Å². The van der Waals surface area contributed by atoms with E-state index in [2.05, 4.69) is 11.0 Å². The van der Waals surface area contributed by atoms with E-state index in [-0.39, 0.29) is 5.91 Å². The average Bonchev–Trinajstić information content (AvgIpc) is 3.18. The van der Waals surface area contributed by atoms with Gasteiger partial charge < -0.3 is 4.90 Å². The molecular weight excluding hydrogens is 250 g/mol. The zero-order chi connectivity index (χ0) is 14.0. The molecule has 0 bridgehead atoms. The summed E-state index contributed by atoms with van der Waals surface area (Å²) in [5, 5.41) is 9.43. The summed E-state index contributed by atoms with van der Waals surface area (Å²) < 4.78 is 0. The van der Waals surface area contributed by atoms with E-state index in [1.165, 1.54) is 25.7 Å². The van der Waals surface area contributed by atoms with E-state index in [0.29, 0.717) is 0 Å². The first-order valence-corrected chi connectivity index (χ1v) is 8.20. The van der Waals surface area contributed by atoms with Crippen LogP contribution in [0.1, 0.15) is 51.4 Å². The van der Waals surface area contributed by atoms with Crippen molar-refractivity contribution in [1.29, 1.82) is 5.26 Å². The van der Waals surface area contributed by atoms with E-state index >= 15 is 0 Å². The smallest absolute Gasteiger partial charge is 0.243 e. The van der Waals surface area contributed by atoms with E-state index in [1.54, 1.807) is 0 Å². The van der Waals surface area contributed by atoms with Gasteiger partial charge in [-0.3, -0.25) is 9.69 Å². The third-order valence-electron chi connectivity index (χ3n) is 5.52.